The van der Waals surface area contributed by atoms with Gasteiger partial charge in [0.1, 0.15) is 17.5 Å². The molecule has 0 radical (unpaired) electrons. The summed E-state index contributed by atoms with van der Waals surface area (Å²) in [4.78, 5) is 8.68. The molecule has 3 rings (SSSR count). The molecule has 0 amide bonds. The van der Waals surface area contributed by atoms with Crippen LogP contribution >= 0.6 is 24.0 Å². The van der Waals surface area contributed by atoms with Crippen LogP contribution in [0.3, 0.4) is 0 Å². The van der Waals surface area contributed by atoms with Crippen LogP contribution in [-0.4, -0.2) is 27.8 Å². The fraction of sp³-hybridized carbons (Fsp3) is 0.412. The number of hydrogen-bond acceptors (Lipinski definition) is 4. The highest BCUT2D eigenvalue weighted by molar-refractivity contribution is 14.0. The van der Waals surface area contributed by atoms with Crippen LogP contribution in [-0.2, 0) is 13.1 Å². The fourth-order valence-electron chi connectivity index (χ4n) is 2.92. The van der Waals surface area contributed by atoms with Gasteiger partial charge in [-0.25, -0.2) is 14.1 Å². The number of fused-ring (bicyclic) bond motifs is 1. The van der Waals surface area contributed by atoms with Gasteiger partial charge in [-0.1, -0.05) is 0 Å². The number of aromatic nitrogens is 3. The minimum atomic E-state index is -0.352. The molecule has 9 heteroatoms. The van der Waals surface area contributed by atoms with Crippen LogP contribution in [0, 0.1) is 24.1 Å². The summed E-state index contributed by atoms with van der Waals surface area (Å²) >= 11 is 0. The molecule has 0 spiro atoms. The van der Waals surface area contributed by atoms with E-state index in [2.05, 4.69) is 25.7 Å². The number of guanidine groups is 1. The average molecular weight is 469 g/mol. The molecule has 2 aromatic rings. The van der Waals surface area contributed by atoms with E-state index in [0.29, 0.717) is 17.1 Å². The van der Waals surface area contributed by atoms with Gasteiger partial charge in [0.25, 0.3) is 0 Å². The molecular weight excluding hydrogens is 448 g/mol. The summed E-state index contributed by atoms with van der Waals surface area (Å²) in [7, 11) is 1.66. The monoisotopic (exact) mass is 469 g/mol. The Hall–Kier alpha value is -2.22. The molecule has 1 aliphatic rings. The molecular formula is C17H21FIN7. The average Bonchev–Trinajstić information content (AvgIpc) is 3.00. The Bertz CT molecular complexity index is 840. The SMILES string of the molecule is CN=C(NCc1cc(C#N)ccc1F)NC1CCCn2nc(C)nc21.I. The first-order chi connectivity index (χ1) is 12.1. The van der Waals surface area contributed by atoms with Crippen molar-refractivity contribution in [2.45, 2.75) is 38.9 Å². The Balaban J connectivity index is 0.00000243. The van der Waals surface area contributed by atoms with Gasteiger partial charge in [-0.2, -0.15) is 10.4 Å². The van der Waals surface area contributed by atoms with E-state index in [1.54, 1.807) is 7.05 Å². The number of benzene rings is 1. The van der Waals surface area contributed by atoms with Crippen LogP contribution in [0.25, 0.3) is 0 Å². The third-order valence-electron chi connectivity index (χ3n) is 4.14. The second-order valence-electron chi connectivity index (χ2n) is 5.92. The van der Waals surface area contributed by atoms with Crippen molar-refractivity contribution in [2.75, 3.05) is 7.05 Å². The molecule has 7 nitrogen and oxygen atoms in total. The lowest BCUT2D eigenvalue weighted by atomic mass is 10.1. The van der Waals surface area contributed by atoms with Gasteiger partial charge in [-0.15, -0.1) is 24.0 Å². The molecule has 1 aromatic carbocycles. The Morgan fingerprint density at radius 1 is 1.50 bits per heavy atom. The molecule has 0 saturated heterocycles. The standard InChI is InChI=1S/C17H20FN7.HI/c1-11-22-16-15(4-3-7-25(16)24-11)23-17(20-2)21-10-13-8-12(9-19)5-6-14(13)18;/h5-6,8,15H,3-4,7,10H2,1-2H3,(H2,20,21,23);1H. The minimum absolute atomic E-state index is 0. The number of nitrogens with one attached hydrogen (secondary N) is 2. The summed E-state index contributed by atoms with van der Waals surface area (Å²) in [6.07, 6.45) is 1.93. The summed E-state index contributed by atoms with van der Waals surface area (Å²) in [5, 5.41) is 19.7. The third-order valence-corrected chi connectivity index (χ3v) is 4.14. The van der Waals surface area contributed by atoms with Gasteiger partial charge in [-0.3, -0.25) is 4.99 Å². The molecule has 1 aliphatic heterocycles. The zero-order chi connectivity index (χ0) is 17.8. The molecule has 26 heavy (non-hydrogen) atoms. The number of aryl methyl sites for hydroxylation is 2. The van der Waals surface area contributed by atoms with E-state index in [-0.39, 0.29) is 42.4 Å². The van der Waals surface area contributed by atoms with Crippen LogP contribution in [0.15, 0.2) is 23.2 Å². The molecule has 0 fully saturated rings. The molecule has 2 N–H and O–H groups in total. The molecule has 2 heterocycles. The molecule has 138 valence electrons. The van der Waals surface area contributed by atoms with Crippen molar-refractivity contribution in [3.05, 3.63) is 46.8 Å². The number of nitrogens with zero attached hydrogens (tertiary/aromatic N) is 5. The number of aliphatic imine (C=N–C) groups is 1. The van der Waals surface area contributed by atoms with Gasteiger partial charge in [-0.05, 0) is 38.0 Å². The zero-order valence-corrected chi connectivity index (χ0v) is 17.0. The van der Waals surface area contributed by atoms with E-state index in [1.807, 2.05) is 17.7 Å². The fourth-order valence-corrected chi connectivity index (χ4v) is 2.92. The van der Waals surface area contributed by atoms with E-state index in [9.17, 15) is 4.39 Å². The smallest absolute Gasteiger partial charge is 0.191 e. The predicted molar refractivity (Wildman–Crippen MR) is 107 cm³/mol. The van der Waals surface area contributed by atoms with Crippen LogP contribution in [0.1, 0.15) is 41.7 Å². The Kier molecular flexibility index (Phi) is 6.90. The number of nitriles is 1. The lowest BCUT2D eigenvalue weighted by molar-refractivity contribution is 0.397. The largest absolute Gasteiger partial charge is 0.352 e. The predicted octanol–water partition coefficient (Wildman–Crippen LogP) is 2.42. The topological polar surface area (TPSA) is 90.9 Å². The van der Waals surface area contributed by atoms with E-state index in [4.69, 9.17) is 5.26 Å². The second-order valence-corrected chi connectivity index (χ2v) is 5.92. The molecule has 1 aromatic heterocycles. The maximum absolute atomic E-state index is 13.9. The van der Waals surface area contributed by atoms with Gasteiger partial charge < -0.3 is 10.6 Å². The summed E-state index contributed by atoms with van der Waals surface area (Å²) in [6.45, 7) is 2.98. The van der Waals surface area contributed by atoms with E-state index < -0.39 is 0 Å². The molecule has 1 unspecified atom stereocenters. The van der Waals surface area contributed by atoms with Gasteiger partial charge in [0, 0.05) is 25.7 Å². The van der Waals surface area contributed by atoms with Gasteiger partial charge >= 0.3 is 0 Å². The molecule has 1 atom stereocenters. The first-order valence-corrected chi connectivity index (χ1v) is 8.17. The normalized spacial score (nSPS) is 16.2. The first kappa shape index (κ1) is 20.1. The molecule has 0 saturated carbocycles. The Morgan fingerprint density at radius 2 is 2.31 bits per heavy atom. The van der Waals surface area contributed by atoms with Crippen LogP contribution in [0.4, 0.5) is 4.39 Å². The number of rotatable bonds is 3. The van der Waals surface area contributed by atoms with E-state index in [0.717, 1.165) is 31.0 Å². The van der Waals surface area contributed by atoms with Gasteiger partial charge in [0.15, 0.2) is 5.96 Å². The highest BCUT2D eigenvalue weighted by Gasteiger charge is 2.24. The van der Waals surface area contributed by atoms with Crippen LogP contribution in [0.5, 0.6) is 0 Å². The van der Waals surface area contributed by atoms with Crippen LogP contribution in [0.2, 0.25) is 0 Å². The molecule has 0 bridgehead atoms. The minimum Gasteiger partial charge on any atom is -0.352 e. The molecule has 0 aliphatic carbocycles. The third kappa shape index (κ3) is 4.49. The van der Waals surface area contributed by atoms with Crippen molar-refractivity contribution in [3.63, 3.8) is 0 Å². The van der Waals surface area contributed by atoms with Crippen molar-refractivity contribution < 1.29 is 4.39 Å². The van der Waals surface area contributed by atoms with Crippen molar-refractivity contribution >= 4 is 29.9 Å². The Morgan fingerprint density at radius 3 is 3.04 bits per heavy atom. The summed E-state index contributed by atoms with van der Waals surface area (Å²) in [5.74, 6) is 1.85. The summed E-state index contributed by atoms with van der Waals surface area (Å²) in [6, 6.07) is 6.33. The van der Waals surface area contributed by atoms with Crippen molar-refractivity contribution in [2.24, 2.45) is 4.99 Å². The van der Waals surface area contributed by atoms with Gasteiger partial charge in [0.2, 0.25) is 0 Å². The Labute approximate surface area is 168 Å². The van der Waals surface area contributed by atoms with Crippen molar-refractivity contribution in [1.29, 1.82) is 5.26 Å². The lowest BCUT2D eigenvalue weighted by Crippen LogP contribution is -2.41. The number of halogens is 2. The summed E-state index contributed by atoms with van der Waals surface area (Å²) < 4.78 is 15.8. The zero-order valence-electron chi connectivity index (χ0n) is 14.7. The summed E-state index contributed by atoms with van der Waals surface area (Å²) in [5.41, 5.74) is 0.849. The van der Waals surface area contributed by atoms with Crippen LogP contribution < -0.4 is 10.6 Å². The second kappa shape index (κ2) is 8.93. The quantitative estimate of drug-likeness (QED) is 0.410. The first-order valence-electron chi connectivity index (χ1n) is 8.17. The van der Waals surface area contributed by atoms with Gasteiger partial charge in [0.05, 0.1) is 17.7 Å². The number of hydrogen-bond donors (Lipinski definition) is 2. The maximum atomic E-state index is 13.9. The maximum Gasteiger partial charge on any atom is 0.191 e. The highest BCUT2D eigenvalue weighted by Crippen LogP contribution is 2.22. The van der Waals surface area contributed by atoms with Crippen molar-refractivity contribution in [1.82, 2.24) is 25.4 Å². The van der Waals surface area contributed by atoms with Crippen molar-refractivity contribution in [3.8, 4) is 6.07 Å². The van der Waals surface area contributed by atoms with E-state index >= 15 is 0 Å². The lowest BCUT2D eigenvalue weighted by Gasteiger charge is -2.25. The highest BCUT2D eigenvalue weighted by atomic mass is 127. The van der Waals surface area contributed by atoms with E-state index in [1.165, 1.54) is 18.2 Å².